The van der Waals surface area contributed by atoms with Crippen molar-refractivity contribution in [1.82, 2.24) is 15.5 Å². The maximum Gasteiger partial charge on any atom is 0.246 e. The number of halogens is 1. The molecule has 0 radical (unpaired) electrons. The summed E-state index contributed by atoms with van der Waals surface area (Å²) in [6, 6.07) is 6.19. The highest BCUT2D eigenvalue weighted by Crippen LogP contribution is 2.15. The maximum atomic E-state index is 12.9. The fraction of sp³-hybridized carbons (Fsp3) is 0.556. The first-order valence-corrected chi connectivity index (χ1v) is 8.94. The number of benzene rings is 1. The van der Waals surface area contributed by atoms with Crippen LogP contribution in [0, 0.1) is 5.82 Å². The summed E-state index contributed by atoms with van der Waals surface area (Å²) in [5.74, 6) is 0.0715. The molecule has 1 fully saturated rings. The van der Waals surface area contributed by atoms with Crippen molar-refractivity contribution in [2.75, 3.05) is 38.0 Å². The van der Waals surface area contributed by atoms with Crippen LogP contribution in [-0.4, -0.2) is 55.5 Å². The Bertz CT molecular complexity index is 575. The molecule has 1 aromatic rings. The number of likely N-dealkylation sites (tertiary alicyclic amines) is 1. The van der Waals surface area contributed by atoms with Crippen LogP contribution in [0.15, 0.2) is 29.3 Å². The van der Waals surface area contributed by atoms with Crippen molar-refractivity contribution < 1.29 is 9.18 Å². The molecule has 1 amide bonds. The number of carbonyl (C=O) groups is 1. The highest BCUT2D eigenvalue weighted by molar-refractivity contribution is 5.94. The molecule has 0 saturated carbocycles. The number of amides is 1. The van der Waals surface area contributed by atoms with E-state index in [1.807, 2.05) is 6.92 Å². The number of carbonyl (C=O) groups excluding carboxylic acids is 1. The first-order valence-electron chi connectivity index (χ1n) is 8.94. The molecule has 0 aromatic heterocycles. The number of anilines is 1. The molecule has 1 aromatic carbocycles. The zero-order valence-corrected chi connectivity index (χ0v) is 15.0. The normalized spacial score (nSPS) is 18.2. The standard InChI is InChI=1S/C18H28FN5O/c1-3-20-18(21-12-16-6-5-11-24(16)4-2)22-13-17(25)23-15-9-7-14(19)8-10-15/h7-10,16H,3-6,11-13H2,1-2H3,(H,23,25)(H2,20,21,22). The van der Waals surface area contributed by atoms with E-state index in [0.29, 0.717) is 17.7 Å². The molecule has 3 N–H and O–H groups in total. The lowest BCUT2D eigenvalue weighted by Gasteiger charge is -2.23. The van der Waals surface area contributed by atoms with E-state index in [0.717, 1.165) is 26.2 Å². The third-order valence-electron chi connectivity index (χ3n) is 4.26. The molecule has 0 bridgehead atoms. The average molecular weight is 349 g/mol. The average Bonchev–Trinajstić information content (AvgIpc) is 3.07. The molecule has 7 heteroatoms. The van der Waals surface area contributed by atoms with Gasteiger partial charge in [0.25, 0.3) is 0 Å². The van der Waals surface area contributed by atoms with Gasteiger partial charge in [0, 0.05) is 24.8 Å². The van der Waals surface area contributed by atoms with E-state index < -0.39 is 0 Å². The van der Waals surface area contributed by atoms with Gasteiger partial charge in [0.15, 0.2) is 5.96 Å². The number of likely N-dealkylation sites (N-methyl/N-ethyl adjacent to an activating group) is 1. The van der Waals surface area contributed by atoms with Gasteiger partial charge in [-0.25, -0.2) is 9.38 Å². The van der Waals surface area contributed by atoms with Gasteiger partial charge in [-0.1, -0.05) is 6.92 Å². The Morgan fingerprint density at radius 2 is 2.04 bits per heavy atom. The second-order valence-corrected chi connectivity index (χ2v) is 6.06. The van der Waals surface area contributed by atoms with Crippen molar-refractivity contribution in [1.29, 1.82) is 0 Å². The number of hydrogen-bond donors (Lipinski definition) is 3. The summed E-state index contributed by atoms with van der Waals surface area (Å²) in [7, 11) is 0. The first kappa shape index (κ1) is 19.2. The Morgan fingerprint density at radius 3 is 2.72 bits per heavy atom. The van der Waals surface area contributed by atoms with Crippen LogP contribution in [0.1, 0.15) is 26.7 Å². The molecule has 1 unspecified atom stereocenters. The Labute approximate surface area is 148 Å². The van der Waals surface area contributed by atoms with Gasteiger partial charge in [0.1, 0.15) is 12.4 Å². The van der Waals surface area contributed by atoms with Crippen molar-refractivity contribution in [2.24, 2.45) is 4.99 Å². The number of nitrogens with one attached hydrogen (secondary N) is 3. The highest BCUT2D eigenvalue weighted by Gasteiger charge is 2.22. The zero-order valence-electron chi connectivity index (χ0n) is 15.0. The molecular weight excluding hydrogens is 321 g/mol. The summed E-state index contributed by atoms with van der Waals surface area (Å²) < 4.78 is 12.9. The summed E-state index contributed by atoms with van der Waals surface area (Å²) >= 11 is 0. The number of guanidine groups is 1. The Morgan fingerprint density at radius 1 is 1.28 bits per heavy atom. The molecule has 0 spiro atoms. The van der Waals surface area contributed by atoms with Crippen LogP contribution >= 0.6 is 0 Å². The maximum absolute atomic E-state index is 12.9. The number of hydrogen-bond acceptors (Lipinski definition) is 3. The Balaban J connectivity index is 1.83. The second-order valence-electron chi connectivity index (χ2n) is 6.06. The first-order chi connectivity index (χ1) is 12.1. The molecule has 1 aliphatic heterocycles. The molecule has 1 aliphatic rings. The summed E-state index contributed by atoms with van der Waals surface area (Å²) in [4.78, 5) is 18.8. The van der Waals surface area contributed by atoms with Gasteiger partial charge in [-0.05, 0) is 57.1 Å². The van der Waals surface area contributed by atoms with Crippen LogP contribution in [-0.2, 0) is 4.79 Å². The van der Waals surface area contributed by atoms with Crippen LogP contribution in [0.2, 0.25) is 0 Å². The van der Waals surface area contributed by atoms with Gasteiger partial charge in [0.2, 0.25) is 5.91 Å². The van der Waals surface area contributed by atoms with Gasteiger partial charge >= 0.3 is 0 Å². The monoisotopic (exact) mass is 349 g/mol. The second kappa shape index (κ2) is 9.98. The highest BCUT2D eigenvalue weighted by atomic mass is 19.1. The number of nitrogens with zero attached hydrogens (tertiary/aromatic N) is 2. The predicted octanol–water partition coefficient (Wildman–Crippen LogP) is 1.80. The minimum atomic E-state index is -0.331. The lowest BCUT2D eigenvalue weighted by Crippen LogP contribution is -2.45. The molecule has 1 saturated heterocycles. The van der Waals surface area contributed by atoms with E-state index >= 15 is 0 Å². The lowest BCUT2D eigenvalue weighted by atomic mass is 10.2. The molecule has 1 atom stereocenters. The van der Waals surface area contributed by atoms with Crippen LogP contribution in [0.3, 0.4) is 0 Å². The van der Waals surface area contributed by atoms with E-state index in [2.05, 4.69) is 32.8 Å². The van der Waals surface area contributed by atoms with Crippen molar-refractivity contribution in [3.63, 3.8) is 0 Å². The predicted molar refractivity (Wildman–Crippen MR) is 99.3 cm³/mol. The quantitative estimate of drug-likeness (QED) is 0.519. The summed E-state index contributed by atoms with van der Waals surface area (Å²) in [6.07, 6.45) is 2.42. The van der Waals surface area contributed by atoms with E-state index in [4.69, 9.17) is 0 Å². The Kier molecular flexibility index (Phi) is 7.66. The van der Waals surface area contributed by atoms with E-state index in [9.17, 15) is 9.18 Å². The number of aliphatic imine (C=N–C) groups is 1. The van der Waals surface area contributed by atoms with E-state index in [-0.39, 0.29) is 18.3 Å². The SMILES string of the molecule is CCNC(=NCC(=O)Nc1ccc(F)cc1)NCC1CCCN1CC. The topological polar surface area (TPSA) is 68.8 Å². The fourth-order valence-corrected chi connectivity index (χ4v) is 2.98. The van der Waals surface area contributed by atoms with Crippen LogP contribution in [0.4, 0.5) is 10.1 Å². The third kappa shape index (κ3) is 6.34. The fourth-order valence-electron chi connectivity index (χ4n) is 2.98. The summed E-state index contributed by atoms with van der Waals surface area (Å²) in [6.45, 7) is 7.93. The largest absolute Gasteiger partial charge is 0.357 e. The van der Waals surface area contributed by atoms with Crippen molar-refractivity contribution in [3.8, 4) is 0 Å². The number of rotatable bonds is 7. The molecule has 138 valence electrons. The lowest BCUT2D eigenvalue weighted by molar-refractivity contribution is -0.114. The molecular formula is C18H28FN5O. The molecule has 6 nitrogen and oxygen atoms in total. The third-order valence-corrected chi connectivity index (χ3v) is 4.26. The molecule has 0 aliphatic carbocycles. The summed E-state index contributed by atoms with van der Waals surface area (Å²) in [5.41, 5.74) is 0.559. The van der Waals surface area contributed by atoms with Crippen LogP contribution < -0.4 is 16.0 Å². The van der Waals surface area contributed by atoms with Crippen molar-refractivity contribution in [2.45, 2.75) is 32.7 Å². The minimum Gasteiger partial charge on any atom is -0.357 e. The van der Waals surface area contributed by atoms with Crippen molar-refractivity contribution >= 4 is 17.6 Å². The van der Waals surface area contributed by atoms with Crippen LogP contribution in [0.5, 0.6) is 0 Å². The van der Waals surface area contributed by atoms with Gasteiger partial charge in [-0.3, -0.25) is 9.69 Å². The van der Waals surface area contributed by atoms with Gasteiger partial charge in [0.05, 0.1) is 0 Å². The van der Waals surface area contributed by atoms with Crippen molar-refractivity contribution in [3.05, 3.63) is 30.1 Å². The van der Waals surface area contributed by atoms with Gasteiger partial charge in [-0.2, -0.15) is 0 Å². The van der Waals surface area contributed by atoms with Gasteiger partial charge < -0.3 is 16.0 Å². The van der Waals surface area contributed by atoms with E-state index in [1.54, 1.807) is 0 Å². The minimum absolute atomic E-state index is 0.00880. The van der Waals surface area contributed by atoms with Crippen LogP contribution in [0.25, 0.3) is 0 Å². The Hall–Kier alpha value is -2.15. The van der Waals surface area contributed by atoms with E-state index in [1.165, 1.54) is 37.1 Å². The molecule has 1 heterocycles. The smallest absolute Gasteiger partial charge is 0.246 e. The zero-order chi connectivity index (χ0) is 18.1. The molecule has 25 heavy (non-hydrogen) atoms. The summed E-state index contributed by atoms with van der Waals surface area (Å²) in [5, 5.41) is 9.18. The van der Waals surface area contributed by atoms with Gasteiger partial charge in [-0.15, -0.1) is 0 Å². The molecule has 2 rings (SSSR count).